The summed E-state index contributed by atoms with van der Waals surface area (Å²) in [6.07, 6.45) is 6.21. The van der Waals surface area contributed by atoms with E-state index in [1.54, 1.807) is 11.0 Å². The van der Waals surface area contributed by atoms with E-state index in [9.17, 15) is 4.79 Å². The quantitative estimate of drug-likeness (QED) is 0.692. The first-order valence-electron chi connectivity index (χ1n) is 9.54. The first kappa shape index (κ1) is 18.6. The van der Waals surface area contributed by atoms with Crippen molar-refractivity contribution < 1.29 is 4.79 Å². The molecule has 2 N–H and O–H groups in total. The summed E-state index contributed by atoms with van der Waals surface area (Å²) >= 11 is 1.48. The monoisotopic (exact) mass is 396 g/mol. The van der Waals surface area contributed by atoms with Crippen LogP contribution in [0, 0.1) is 0 Å². The fraction of sp³-hybridized carbons (Fsp3) is 0.400. The number of likely N-dealkylation sites (tertiary alicyclic amines) is 1. The van der Waals surface area contributed by atoms with Gasteiger partial charge >= 0.3 is 0 Å². The molecule has 146 valence electrons. The molecule has 1 aromatic carbocycles. The van der Waals surface area contributed by atoms with Gasteiger partial charge in [0.05, 0.1) is 5.69 Å². The molecule has 8 heteroatoms. The molecule has 0 unspecified atom stereocenters. The molecule has 0 saturated carbocycles. The maximum Gasteiger partial charge on any atom is 0.222 e. The molecule has 1 fully saturated rings. The minimum absolute atomic E-state index is 0.174. The summed E-state index contributed by atoms with van der Waals surface area (Å²) in [5.74, 6) is 0.208. The van der Waals surface area contributed by atoms with E-state index in [0.717, 1.165) is 38.0 Å². The smallest absolute Gasteiger partial charge is 0.222 e. The van der Waals surface area contributed by atoms with Crippen LogP contribution >= 0.6 is 11.3 Å². The Hall–Kier alpha value is -2.74. The molecule has 3 aromatic rings. The van der Waals surface area contributed by atoms with E-state index in [4.69, 9.17) is 5.73 Å². The number of nitrogens with zero attached hydrogens (tertiary/aromatic N) is 5. The molecule has 0 radical (unpaired) electrons. The zero-order valence-electron chi connectivity index (χ0n) is 15.7. The van der Waals surface area contributed by atoms with Crippen LogP contribution in [-0.2, 0) is 16.8 Å². The van der Waals surface area contributed by atoms with Gasteiger partial charge in [0, 0.05) is 36.9 Å². The van der Waals surface area contributed by atoms with Crippen molar-refractivity contribution >= 4 is 22.4 Å². The Balaban J connectivity index is 1.43. The number of aryl methyl sites for hydroxylation is 1. The minimum atomic E-state index is -0.174. The van der Waals surface area contributed by atoms with E-state index >= 15 is 0 Å². The second-order valence-corrected chi connectivity index (χ2v) is 8.05. The zero-order valence-corrected chi connectivity index (χ0v) is 16.5. The number of benzene rings is 1. The number of nitrogen functional groups attached to an aromatic ring is 1. The number of thiazole rings is 1. The summed E-state index contributed by atoms with van der Waals surface area (Å²) in [6.45, 7) is 2.18. The largest absolute Gasteiger partial charge is 0.375 e. The number of hydrogen-bond donors (Lipinski definition) is 1. The Kier molecular flexibility index (Phi) is 5.38. The van der Waals surface area contributed by atoms with Gasteiger partial charge in [0.25, 0.3) is 0 Å². The fourth-order valence-corrected chi connectivity index (χ4v) is 4.66. The summed E-state index contributed by atoms with van der Waals surface area (Å²) < 4.78 is 1.76. The molecule has 2 aromatic heterocycles. The van der Waals surface area contributed by atoms with Gasteiger partial charge in [-0.25, -0.2) is 9.97 Å². The molecule has 0 bridgehead atoms. The Labute approximate surface area is 168 Å². The average Bonchev–Trinajstić information content (AvgIpc) is 3.41. The van der Waals surface area contributed by atoms with Crippen LogP contribution in [-0.4, -0.2) is 43.6 Å². The van der Waals surface area contributed by atoms with Crippen molar-refractivity contribution in [3.63, 3.8) is 0 Å². The van der Waals surface area contributed by atoms with Crippen molar-refractivity contribution in [2.45, 2.75) is 37.6 Å². The van der Waals surface area contributed by atoms with Gasteiger partial charge in [-0.15, -0.1) is 11.3 Å². The highest BCUT2D eigenvalue weighted by Gasteiger charge is 2.40. The zero-order chi connectivity index (χ0) is 19.4. The topological polar surface area (TPSA) is 89.9 Å². The highest BCUT2D eigenvalue weighted by atomic mass is 32.1. The highest BCUT2D eigenvalue weighted by molar-refractivity contribution is 7.13. The third-order valence-corrected chi connectivity index (χ3v) is 6.23. The van der Waals surface area contributed by atoms with Gasteiger partial charge in [0.2, 0.25) is 5.91 Å². The minimum Gasteiger partial charge on any atom is -0.375 e. The molecule has 4 rings (SSSR count). The van der Waals surface area contributed by atoms with Gasteiger partial charge in [-0.2, -0.15) is 5.10 Å². The van der Waals surface area contributed by atoms with Crippen LogP contribution < -0.4 is 5.73 Å². The number of carbonyl (C=O) groups excluding carboxylic acids is 1. The van der Waals surface area contributed by atoms with Crippen LogP contribution in [0.2, 0.25) is 0 Å². The van der Waals surface area contributed by atoms with Gasteiger partial charge in [0.15, 0.2) is 5.13 Å². The van der Waals surface area contributed by atoms with E-state index in [2.05, 4.69) is 44.7 Å². The van der Waals surface area contributed by atoms with Gasteiger partial charge in [-0.3, -0.25) is 9.48 Å². The summed E-state index contributed by atoms with van der Waals surface area (Å²) in [6, 6.07) is 10.5. The van der Waals surface area contributed by atoms with Crippen LogP contribution in [0.1, 0.15) is 36.9 Å². The van der Waals surface area contributed by atoms with Crippen LogP contribution in [0.25, 0.3) is 0 Å². The summed E-state index contributed by atoms with van der Waals surface area (Å²) in [7, 11) is 0. The summed E-state index contributed by atoms with van der Waals surface area (Å²) in [5.41, 5.74) is 8.03. The standard InChI is InChI=1S/C20H24N6OS/c21-19-24-17(13-28-19)20(16-5-2-1-3-6-16)8-11-25(12-9-20)18(27)7-4-10-26-15-22-14-23-26/h1-3,5-6,13-15H,4,7-12H2,(H2,21,24). The van der Waals surface area contributed by atoms with Crippen molar-refractivity contribution in [2.24, 2.45) is 0 Å². The van der Waals surface area contributed by atoms with Crippen molar-refractivity contribution in [2.75, 3.05) is 18.8 Å². The Morgan fingerprint density at radius 1 is 1.21 bits per heavy atom. The summed E-state index contributed by atoms with van der Waals surface area (Å²) in [4.78, 5) is 23.2. The Bertz CT molecular complexity index is 900. The molecule has 0 aliphatic carbocycles. The average molecular weight is 397 g/mol. The van der Waals surface area contributed by atoms with Crippen LogP contribution in [0.15, 0.2) is 48.4 Å². The first-order chi connectivity index (χ1) is 13.7. The van der Waals surface area contributed by atoms with Gasteiger partial charge in [-0.1, -0.05) is 30.3 Å². The number of piperidine rings is 1. The molecule has 1 amide bonds. The number of hydrogen-bond acceptors (Lipinski definition) is 6. The van der Waals surface area contributed by atoms with E-state index in [1.165, 1.54) is 23.2 Å². The lowest BCUT2D eigenvalue weighted by Gasteiger charge is -2.41. The second kappa shape index (κ2) is 8.10. The van der Waals surface area contributed by atoms with Crippen LogP contribution in [0.4, 0.5) is 5.13 Å². The first-order valence-corrected chi connectivity index (χ1v) is 10.4. The van der Waals surface area contributed by atoms with Gasteiger partial charge < -0.3 is 10.6 Å². The lowest BCUT2D eigenvalue weighted by molar-refractivity contribution is -0.132. The lowest BCUT2D eigenvalue weighted by Crippen LogP contribution is -2.46. The molecule has 1 aliphatic rings. The third kappa shape index (κ3) is 3.77. The van der Waals surface area contributed by atoms with Crippen molar-refractivity contribution in [3.8, 4) is 0 Å². The second-order valence-electron chi connectivity index (χ2n) is 7.16. The van der Waals surface area contributed by atoms with Gasteiger partial charge in [0.1, 0.15) is 12.7 Å². The number of rotatable bonds is 6. The third-order valence-electron chi connectivity index (χ3n) is 5.55. The summed E-state index contributed by atoms with van der Waals surface area (Å²) in [5, 5.41) is 6.74. The number of aromatic nitrogens is 4. The Morgan fingerprint density at radius 3 is 2.64 bits per heavy atom. The fourth-order valence-electron chi connectivity index (χ4n) is 3.99. The van der Waals surface area contributed by atoms with E-state index in [-0.39, 0.29) is 11.3 Å². The van der Waals surface area contributed by atoms with E-state index in [1.807, 2.05) is 11.0 Å². The van der Waals surface area contributed by atoms with Crippen molar-refractivity contribution in [1.82, 2.24) is 24.6 Å². The molecule has 28 heavy (non-hydrogen) atoms. The molecule has 3 heterocycles. The molecule has 1 aliphatic heterocycles. The molecule has 1 saturated heterocycles. The molecule has 0 spiro atoms. The lowest BCUT2D eigenvalue weighted by atomic mass is 9.70. The maximum absolute atomic E-state index is 12.7. The molecular weight excluding hydrogens is 372 g/mol. The van der Waals surface area contributed by atoms with Crippen molar-refractivity contribution in [1.29, 1.82) is 0 Å². The molecule has 0 atom stereocenters. The molecular formula is C20H24N6OS. The van der Waals surface area contributed by atoms with Crippen molar-refractivity contribution in [3.05, 3.63) is 59.6 Å². The van der Waals surface area contributed by atoms with Crippen LogP contribution in [0.3, 0.4) is 0 Å². The van der Waals surface area contributed by atoms with Gasteiger partial charge in [-0.05, 0) is 24.8 Å². The normalized spacial score (nSPS) is 16.2. The number of carbonyl (C=O) groups is 1. The van der Waals surface area contributed by atoms with E-state index in [0.29, 0.717) is 18.1 Å². The number of anilines is 1. The SMILES string of the molecule is Nc1nc(C2(c3ccccc3)CCN(C(=O)CCCn3cncn3)CC2)cs1. The number of amides is 1. The highest BCUT2D eigenvalue weighted by Crippen LogP contribution is 2.42. The predicted molar refractivity (Wildman–Crippen MR) is 109 cm³/mol. The predicted octanol–water partition coefficient (Wildman–Crippen LogP) is 2.71. The Morgan fingerprint density at radius 2 is 2.00 bits per heavy atom. The van der Waals surface area contributed by atoms with E-state index < -0.39 is 0 Å². The number of nitrogens with two attached hydrogens (primary N) is 1. The molecule has 7 nitrogen and oxygen atoms in total. The van der Waals surface area contributed by atoms with Crippen LogP contribution in [0.5, 0.6) is 0 Å². The maximum atomic E-state index is 12.7.